The van der Waals surface area contributed by atoms with Crippen LogP contribution < -0.4 is 0 Å². The van der Waals surface area contributed by atoms with Gasteiger partial charge in [-0.15, -0.1) is 0 Å². The van der Waals surface area contributed by atoms with Crippen molar-refractivity contribution in [3.05, 3.63) is 17.0 Å². The molecule has 2 heterocycles. The Balaban J connectivity index is 1.84. The molecule has 1 aromatic heterocycles. The van der Waals surface area contributed by atoms with Crippen molar-refractivity contribution in [3.8, 4) is 0 Å². The average molecular weight is 299 g/mol. The topological polar surface area (TPSA) is 66.7 Å². The zero-order chi connectivity index (χ0) is 14.3. The summed E-state index contributed by atoms with van der Waals surface area (Å²) in [5, 5.41) is 4.13. The molecule has 1 aliphatic heterocycles. The maximum atomic E-state index is 12.3. The van der Waals surface area contributed by atoms with Crippen molar-refractivity contribution in [1.29, 1.82) is 0 Å². The van der Waals surface area contributed by atoms with Crippen LogP contribution in [0.1, 0.15) is 49.1 Å². The molecule has 1 saturated carbocycles. The molecule has 1 aliphatic carbocycles. The Hall–Kier alpha value is -0.920. The van der Waals surface area contributed by atoms with E-state index in [9.17, 15) is 8.42 Å². The molecule has 1 aromatic rings. The van der Waals surface area contributed by atoms with Gasteiger partial charge in [0.05, 0.1) is 6.54 Å². The van der Waals surface area contributed by atoms with Crippen LogP contribution in [0, 0.1) is 0 Å². The minimum Gasteiger partial charge on any atom is -0.360 e. The maximum absolute atomic E-state index is 12.3. The first-order valence-corrected chi connectivity index (χ1v) is 8.62. The molecule has 0 amide bonds. The molecule has 0 spiro atoms. The SMILES string of the molecule is CCc1c(CN2CCCN(C)S2(=O)=O)noc1C1CC1. The lowest BCUT2D eigenvalue weighted by Gasteiger charge is -2.31. The Morgan fingerprint density at radius 2 is 2.10 bits per heavy atom. The summed E-state index contributed by atoms with van der Waals surface area (Å²) in [7, 11) is -1.71. The predicted octanol–water partition coefficient (Wildman–Crippen LogP) is 1.50. The van der Waals surface area contributed by atoms with Gasteiger partial charge in [0.25, 0.3) is 10.2 Å². The van der Waals surface area contributed by atoms with Gasteiger partial charge >= 0.3 is 0 Å². The summed E-state index contributed by atoms with van der Waals surface area (Å²) < 4.78 is 32.9. The van der Waals surface area contributed by atoms with Crippen molar-refractivity contribution in [2.45, 2.75) is 45.1 Å². The highest BCUT2D eigenvalue weighted by Gasteiger charge is 2.35. The van der Waals surface area contributed by atoms with E-state index in [2.05, 4.69) is 12.1 Å². The van der Waals surface area contributed by atoms with Crippen LogP contribution in [0.15, 0.2) is 4.52 Å². The van der Waals surface area contributed by atoms with Gasteiger partial charge in [0, 0.05) is 31.6 Å². The van der Waals surface area contributed by atoms with Gasteiger partial charge in [0.2, 0.25) is 0 Å². The van der Waals surface area contributed by atoms with Crippen molar-refractivity contribution in [1.82, 2.24) is 13.8 Å². The van der Waals surface area contributed by atoms with Crippen LogP contribution in [0.2, 0.25) is 0 Å². The fourth-order valence-electron chi connectivity index (χ4n) is 2.75. The Morgan fingerprint density at radius 3 is 2.75 bits per heavy atom. The van der Waals surface area contributed by atoms with Gasteiger partial charge in [0.1, 0.15) is 11.5 Å². The highest BCUT2D eigenvalue weighted by atomic mass is 32.2. The summed E-state index contributed by atoms with van der Waals surface area (Å²) >= 11 is 0. The van der Waals surface area contributed by atoms with E-state index in [1.807, 2.05) is 0 Å². The van der Waals surface area contributed by atoms with Crippen molar-refractivity contribution < 1.29 is 12.9 Å². The molecule has 1 saturated heterocycles. The monoisotopic (exact) mass is 299 g/mol. The third-order valence-corrected chi connectivity index (χ3v) is 6.06. The van der Waals surface area contributed by atoms with E-state index in [1.165, 1.54) is 8.61 Å². The van der Waals surface area contributed by atoms with Gasteiger partial charge in [0.15, 0.2) is 0 Å². The van der Waals surface area contributed by atoms with E-state index < -0.39 is 10.2 Å². The van der Waals surface area contributed by atoms with Gasteiger partial charge in [-0.05, 0) is 25.7 Å². The smallest absolute Gasteiger partial charge is 0.282 e. The molecule has 6 nitrogen and oxygen atoms in total. The first kappa shape index (κ1) is 14.0. The molecule has 0 aromatic carbocycles. The van der Waals surface area contributed by atoms with Crippen LogP contribution in [0.4, 0.5) is 0 Å². The minimum absolute atomic E-state index is 0.325. The summed E-state index contributed by atoms with van der Waals surface area (Å²) in [6, 6.07) is 0. The van der Waals surface area contributed by atoms with E-state index in [1.54, 1.807) is 7.05 Å². The van der Waals surface area contributed by atoms with Gasteiger partial charge in [-0.1, -0.05) is 12.1 Å². The highest BCUT2D eigenvalue weighted by molar-refractivity contribution is 7.86. The van der Waals surface area contributed by atoms with Crippen molar-refractivity contribution in [2.75, 3.05) is 20.1 Å². The number of aromatic nitrogens is 1. The zero-order valence-corrected chi connectivity index (χ0v) is 12.8. The molecule has 0 radical (unpaired) electrons. The van der Waals surface area contributed by atoms with Crippen molar-refractivity contribution >= 4 is 10.2 Å². The number of hydrogen-bond donors (Lipinski definition) is 0. The lowest BCUT2D eigenvalue weighted by Crippen LogP contribution is -2.47. The van der Waals surface area contributed by atoms with Crippen LogP contribution in [0.5, 0.6) is 0 Å². The Morgan fingerprint density at radius 1 is 1.35 bits per heavy atom. The van der Waals surface area contributed by atoms with Crippen LogP contribution in [0.3, 0.4) is 0 Å². The van der Waals surface area contributed by atoms with Crippen LogP contribution in [-0.2, 0) is 23.2 Å². The molecule has 0 N–H and O–H groups in total. The van der Waals surface area contributed by atoms with Gasteiger partial charge in [-0.25, -0.2) is 0 Å². The highest BCUT2D eigenvalue weighted by Crippen LogP contribution is 2.42. The van der Waals surface area contributed by atoms with Gasteiger partial charge in [-0.3, -0.25) is 0 Å². The Kier molecular flexibility index (Phi) is 3.60. The molecular formula is C13H21N3O3S. The Bertz CT molecular complexity index is 592. The third-order valence-electron chi connectivity index (χ3n) is 4.13. The van der Waals surface area contributed by atoms with E-state index >= 15 is 0 Å². The fraction of sp³-hybridized carbons (Fsp3) is 0.769. The molecule has 0 bridgehead atoms. The van der Waals surface area contributed by atoms with E-state index in [-0.39, 0.29) is 0 Å². The molecule has 2 fully saturated rings. The molecule has 112 valence electrons. The number of rotatable bonds is 4. The largest absolute Gasteiger partial charge is 0.360 e. The molecule has 3 rings (SSSR count). The minimum atomic E-state index is -3.34. The summed E-state index contributed by atoms with van der Waals surface area (Å²) in [6.07, 6.45) is 4.01. The Labute approximate surface area is 119 Å². The molecule has 2 aliphatic rings. The molecule has 0 atom stereocenters. The maximum Gasteiger partial charge on any atom is 0.282 e. The second-order valence-electron chi connectivity index (χ2n) is 5.62. The summed E-state index contributed by atoms with van der Waals surface area (Å²) in [6.45, 7) is 3.54. The summed E-state index contributed by atoms with van der Waals surface area (Å²) in [4.78, 5) is 0. The average Bonchev–Trinajstić information content (AvgIpc) is 3.17. The van der Waals surface area contributed by atoms with Crippen LogP contribution in [0.25, 0.3) is 0 Å². The fourth-order valence-corrected chi connectivity index (χ4v) is 4.15. The van der Waals surface area contributed by atoms with Gasteiger partial charge in [-0.2, -0.15) is 17.0 Å². The zero-order valence-electron chi connectivity index (χ0n) is 12.0. The first-order valence-electron chi connectivity index (χ1n) is 7.22. The third kappa shape index (κ3) is 2.38. The van der Waals surface area contributed by atoms with Crippen molar-refractivity contribution in [2.24, 2.45) is 0 Å². The van der Waals surface area contributed by atoms with Crippen molar-refractivity contribution in [3.63, 3.8) is 0 Å². The molecule has 20 heavy (non-hydrogen) atoms. The number of nitrogens with zero attached hydrogens (tertiary/aromatic N) is 3. The quantitative estimate of drug-likeness (QED) is 0.845. The first-order chi connectivity index (χ1) is 9.54. The molecular weight excluding hydrogens is 278 g/mol. The lowest BCUT2D eigenvalue weighted by atomic mass is 10.1. The van der Waals surface area contributed by atoms with Crippen LogP contribution >= 0.6 is 0 Å². The van der Waals surface area contributed by atoms with E-state index in [0.717, 1.165) is 42.7 Å². The van der Waals surface area contributed by atoms with Gasteiger partial charge < -0.3 is 4.52 Å². The standard InChI is InChI=1S/C13H21N3O3S/c1-3-11-12(14-19-13(11)10-5-6-10)9-16-8-4-7-15(2)20(16,17)18/h10H,3-9H2,1-2H3. The van der Waals surface area contributed by atoms with E-state index in [0.29, 0.717) is 25.6 Å². The predicted molar refractivity (Wildman–Crippen MR) is 74.4 cm³/mol. The summed E-state index contributed by atoms with van der Waals surface area (Å²) in [5.74, 6) is 1.48. The normalized spacial score (nSPS) is 24.1. The second-order valence-corrected chi connectivity index (χ2v) is 7.65. The second kappa shape index (κ2) is 5.13. The molecule has 0 unspecified atom stereocenters. The number of hydrogen-bond acceptors (Lipinski definition) is 4. The molecule has 7 heteroatoms. The summed E-state index contributed by atoms with van der Waals surface area (Å²) in [5.41, 5.74) is 1.89. The lowest BCUT2D eigenvalue weighted by molar-refractivity contribution is 0.294. The van der Waals surface area contributed by atoms with E-state index in [4.69, 9.17) is 4.52 Å². The van der Waals surface area contributed by atoms with Crippen LogP contribution in [-0.4, -0.2) is 42.3 Å².